The lowest BCUT2D eigenvalue weighted by molar-refractivity contribution is -0.142. The summed E-state index contributed by atoms with van der Waals surface area (Å²) in [5.41, 5.74) is -0.981. The van der Waals surface area contributed by atoms with Crippen molar-refractivity contribution in [2.24, 2.45) is 7.05 Å². The van der Waals surface area contributed by atoms with E-state index in [2.05, 4.69) is 10.1 Å². The molecule has 0 spiro atoms. The van der Waals surface area contributed by atoms with Crippen molar-refractivity contribution in [2.45, 2.75) is 19.3 Å². The first-order chi connectivity index (χ1) is 5.46. The molecule has 5 heteroatoms. The second-order valence-electron chi connectivity index (χ2n) is 3.14. The van der Waals surface area contributed by atoms with E-state index in [0.29, 0.717) is 5.82 Å². The molecule has 0 atom stereocenters. The van der Waals surface area contributed by atoms with Crippen LogP contribution >= 0.6 is 0 Å². The van der Waals surface area contributed by atoms with E-state index < -0.39 is 11.4 Å². The van der Waals surface area contributed by atoms with E-state index >= 15 is 0 Å². The van der Waals surface area contributed by atoms with Crippen LogP contribution in [0.2, 0.25) is 0 Å². The Balaban J connectivity index is 3.13. The minimum atomic E-state index is -0.981. The lowest BCUT2D eigenvalue weighted by atomic mass is 9.93. The average molecular weight is 169 g/mol. The molecule has 0 aromatic carbocycles. The molecule has 1 aromatic rings. The Morgan fingerprint density at radius 3 is 2.58 bits per heavy atom. The molecule has 1 N–H and O–H groups in total. The molecule has 0 aliphatic carbocycles. The van der Waals surface area contributed by atoms with Crippen LogP contribution in [0.3, 0.4) is 0 Å². The lowest BCUT2D eigenvalue weighted by Crippen LogP contribution is -2.31. The Hall–Kier alpha value is -1.39. The zero-order valence-corrected chi connectivity index (χ0v) is 7.27. The van der Waals surface area contributed by atoms with E-state index in [1.807, 2.05) is 0 Å². The van der Waals surface area contributed by atoms with Crippen molar-refractivity contribution in [2.75, 3.05) is 0 Å². The number of carboxylic acid groups (broad SMARTS) is 1. The number of hydrogen-bond donors (Lipinski definition) is 1. The molecular formula is C7H11N3O2. The van der Waals surface area contributed by atoms with Gasteiger partial charge in [-0.2, -0.15) is 5.10 Å². The van der Waals surface area contributed by atoms with Gasteiger partial charge in [-0.1, -0.05) is 0 Å². The van der Waals surface area contributed by atoms with Crippen molar-refractivity contribution in [1.29, 1.82) is 0 Å². The fraction of sp³-hybridized carbons (Fsp3) is 0.571. The molecule has 66 valence electrons. The fourth-order valence-corrected chi connectivity index (χ4v) is 0.958. The molecule has 0 aliphatic heterocycles. The largest absolute Gasteiger partial charge is 0.481 e. The van der Waals surface area contributed by atoms with Crippen LogP contribution in [0.4, 0.5) is 0 Å². The first-order valence-electron chi connectivity index (χ1n) is 3.54. The van der Waals surface area contributed by atoms with E-state index in [-0.39, 0.29) is 0 Å². The summed E-state index contributed by atoms with van der Waals surface area (Å²) in [5, 5.41) is 12.7. The van der Waals surface area contributed by atoms with Crippen molar-refractivity contribution >= 4 is 5.97 Å². The zero-order valence-electron chi connectivity index (χ0n) is 7.27. The predicted molar refractivity (Wildman–Crippen MR) is 41.7 cm³/mol. The number of carboxylic acids is 1. The van der Waals surface area contributed by atoms with Crippen LogP contribution < -0.4 is 0 Å². The topological polar surface area (TPSA) is 68.0 Å². The van der Waals surface area contributed by atoms with E-state index in [1.165, 1.54) is 11.0 Å². The number of aryl methyl sites for hydroxylation is 1. The van der Waals surface area contributed by atoms with Crippen molar-refractivity contribution in [3.63, 3.8) is 0 Å². The molecule has 0 saturated carbocycles. The summed E-state index contributed by atoms with van der Waals surface area (Å²) in [7, 11) is 1.67. The third kappa shape index (κ3) is 1.17. The minimum Gasteiger partial charge on any atom is -0.481 e. The van der Waals surface area contributed by atoms with E-state index in [1.54, 1.807) is 20.9 Å². The number of rotatable bonds is 2. The smallest absolute Gasteiger partial charge is 0.316 e. The molecule has 0 amide bonds. The van der Waals surface area contributed by atoms with E-state index in [4.69, 9.17) is 5.11 Å². The van der Waals surface area contributed by atoms with Crippen LogP contribution in [-0.4, -0.2) is 25.8 Å². The number of nitrogens with zero attached hydrogens (tertiary/aromatic N) is 3. The summed E-state index contributed by atoms with van der Waals surface area (Å²) in [6, 6.07) is 0. The van der Waals surface area contributed by atoms with Gasteiger partial charge < -0.3 is 5.11 Å². The molecule has 12 heavy (non-hydrogen) atoms. The summed E-state index contributed by atoms with van der Waals surface area (Å²) in [6.07, 6.45) is 1.35. The van der Waals surface area contributed by atoms with Crippen molar-refractivity contribution in [3.8, 4) is 0 Å². The minimum absolute atomic E-state index is 0.454. The van der Waals surface area contributed by atoms with Gasteiger partial charge in [0.05, 0.1) is 0 Å². The van der Waals surface area contributed by atoms with Crippen LogP contribution in [0.5, 0.6) is 0 Å². The van der Waals surface area contributed by atoms with Gasteiger partial charge in [0.2, 0.25) is 0 Å². The van der Waals surface area contributed by atoms with Gasteiger partial charge in [0, 0.05) is 7.05 Å². The van der Waals surface area contributed by atoms with Crippen LogP contribution in [0.1, 0.15) is 19.7 Å². The van der Waals surface area contributed by atoms with Crippen molar-refractivity contribution in [1.82, 2.24) is 14.8 Å². The fourth-order valence-electron chi connectivity index (χ4n) is 0.958. The summed E-state index contributed by atoms with van der Waals surface area (Å²) < 4.78 is 1.47. The standard InChI is InChI=1S/C7H11N3O2/c1-7(2,6(11)12)5-8-4-9-10(5)3/h4H,1-3H3,(H,11,12). The SMILES string of the molecule is Cn1ncnc1C(C)(C)C(=O)O. The summed E-state index contributed by atoms with van der Waals surface area (Å²) in [5.74, 6) is -0.450. The molecule has 0 aliphatic rings. The van der Waals surface area contributed by atoms with Gasteiger partial charge in [0.25, 0.3) is 0 Å². The zero-order chi connectivity index (χ0) is 9.35. The molecule has 0 radical (unpaired) electrons. The van der Waals surface area contributed by atoms with Crippen LogP contribution in [0.15, 0.2) is 6.33 Å². The number of hydrogen-bond acceptors (Lipinski definition) is 3. The highest BCUT2D eigenvalue weighted by Gasteiger charge is 2.33. The Labute approximate surface area is 70.0 Å². The van der Waals surface area contributed by atoms with Crippen molar-refractivity contribution in [3.05, 3.63) is 12.2 Å². The first-order valence-corrected chi connectivity index (χ1v) is 3.54. The summed E-state index contributed by atoms with van der Waals surface area (Å²) >= 11 is 0. The number of aliphatic carboxylic acids is 1. The van der Waals surface area contributed by atoms with Gasteiger partial charge in [-0.3, -0.25) is 9.48 Å². The molecule has 0 fully saturated rings. The maximum absolute atomic E-state index is 10.8. The third-order valence-corrected chi connectivity index (χ3v) is 1.81. The van der Waals surface area contributed by atoms with Gasteiger partial charge in [-0.15, -0.1) is 0 Å². The predicted octanol–water partition coefficient (Wildman–Crippen LogP) is 0.177. The second-order valence-corrected chi connectivity index (χ2v) is 3.14. The van der Waals surface area contributed by atoms with Crippen LogP contribution in [0.25, 0.3) is 0 Å². The van der Waals surface area contributed by atoms with Gasteiger partial charge in [0.15, 0.2) is 0 Å². The first kappa shape index (κ1) is 8.70. The summed E-state index contributed by atoms with van der Waals surface area (Å²) in [6.45, 7) is 3.19. The Morgan fingerprint density at radius 1 is 1.67 bits per heavy atom. The normalized spacial score (nSPS) is 11.6. The number of carbonyl (C=O) groups is 1. The molecule has 0 bridgehead atoms. The van der Waals surface area contributed by atoms with Crippen LogP contribution in [-0.2, 0) is 17.3 Å². The molecule has 1 heterocycles. The molecule has 0 saturated heterocycles. The van der Waals surface area contributed by atoms with Crippen molar-refractivity contribution < 1.29 is 9.90 Å². The summed E-state index contributed by atoms with van der Waals surface area (Å²) in [4.78, 5) is 14.7. The van der Waals surface area contributed by atoms with Gasteiger partial charge in [-0.25, -0.2) is 4.98 Å². The highest BCUT2D eigenvalue weighted by molar-refractivity contribution is 5.78. The Morgan fingerprint density at radius 2 is 2.25 bits per heavy atom. The van der Waals surface area contributed by atoms with E-state index in [9.17, 15) is 4.79 Å². The highest BCUT2D eigenvalue weighted by Crippen LogP contribution is 2.19. The van der Waals surface area contributed by atoms with Gasteiger partial charge >= 0.3 is 5.97 Å². The molecule has 1 rings (SSSR count). The third-order valence-electron chi connectivity index (χ3n) is 1.81. The Bertz CT molecular complexity index is 303. The van der Waals surface area contributed by atoms with Gasteiger partial charge in [-0.05, 0) is 13.8 Å². The molecular weight excluding hydrogens is 158 g/mol. The molecule has 5 nitrogen and oxygen atoms in total. The number of aromatic nitrogens is 3. The highest BCUT2D eigenvalue weighted by atomic mass is 16.4. The average Bonchev–Trinajstić information content (AvgIpc) is 2.35. The molecule has 0 unspecified atom stereocenters. The second kappa shape index (κ2) is 2.58. The lowest BCUT2D eigenvalue weighted by Gasteiger charge is -2.16. The molecule has 1 aromatic heterocycles. The maximum Gasteiger partial charge on any atom is 0.316 e. The van der Waals surface area contributed by atoms with Crippen LogP contribution in [0, 0.1) is 0 Å². The maximum atomic E-state index is 10.8. The van der Waals surface area contributed by atoms with E-state index in [0.717, 1.165) is 0 Å². The Kier molecular flexibility index (Phi) is 1.87. The monoisotopic (exact) mass is 169 g/mol. The van der Waals surface area contributed by atoms with Gasteiger partial charge in [0.1, 0.15) is 17.6 Å². The quantitative estimate of drug-likeness (QED) is 0.685.